The zero-order valence-corrected chi connectivity index (χ0v) is 22.8. The van der Waals surface area contributed by atoms with E-state index in [0.29, 0.717) is 6.61 Å². The van der Waals surface area contributed by atoms with Crippen LogP contribution in [0.15, 0.2) is 73.3 Å². The Labute approximate surface area is 211 Å². The highest BCUT2D eigenvalue weighted by Gasteiger charge is 2.52. The fourth-order valence-electron chi connectivity index (χ4n) is 5.82. The van der Waals surface area contributed by atoms with Crippen LogP contribution in [-0.2, 0) is 9.16 Å². The molecular weight excluding hydrogens is 454 g/mol. The van der Waals surface area contributed by atoms with Gasteiger partial charge in [0.2, 0.25) is 0 Å². The van der Waals surface area contributed by atoms with E-state index in [1.165, 1.54) is 17.5 Å². The minimum Gasteiger partial charge on any atom is -0.453 e. The number of likely N-dealkylation sites (tertiary alicyclic amines) is 1. The molecule has 0 aromatic heterocycles. The highest BCUT2D eigenvalue weighted by atomic mass is 28.4. The van der Waals surface area contributed by atoms with Gasteiger partial charge < -0.3 is 14.3 Å². The molecule has 2 aromatic rings. The Balaban J connectivity index is 2.11. The summed E-state index contributed by atoms with van der Waals surface area (Å²) in [5, 5.41) is 12.5. The van der Waals surface area contributed by atoms with E-state index < -0.39 is 14.4 Å². The third kappa shape index (κ3) is 5.25. The first-order valence-electron chi connectivity index (χ1n) is 12.6. The second-order valence-corrected chi connectivity index (χ2v) is 14.8. The summed E-state index contributed by atoms with van der Waals surface area (Å²) in [6, 6.07) is 20.5. The average molecular weight is 496 g/mol. The van der Waals surface area contributed by atoms with Crippen LogP contribution in [0, 0.1) is 11.8 Å². The molecule has 0 aliphatic carbocycles. The third-order valence-corrected chi connectivity index (χ3v) is 12.6. The maximum absolute atomic E-state index is 13.0. The Morgan fingerprint density at radius 1 is 1.09 bits per heavy atom. The topological polar surface area (TPSA) is 59.0 Å². The smallest absolute Gasteiger partial charge is 0.410 e. The highest BCUT2D eigenvalue weighted by Crippen LogP contribution is 2.40. The normalized spacial score (nSPS) is 23.1. The summed E-state index contributed by atoms with van der Waals surface area (Å²) in [7, 11) is -1.37. The van der Waals surface area contributed by atoms with Gasteiger partial charge in [-0.3, -0.25) is 4.90 Å². The number of amides is 1. The van der Waals surface area contributed by atoms with E-state index in [1.807, 2.05) is 18.2 Å². The van der Waals surface area contributed by atoms with Gasteiger partial charge in [0, 0.05) is 0 Å². The van der Waals surface area contributed by atoms with Crippen LogP contribution in [0.3, 0.4) is 0 Å². The third-order valence-electron chi connectivity index (χ3n) is 7.61. The number of hydrogen-bond acceptors (Lipinski definition) is 4. The van der Waals surface area contributed by atoms with Crippen LogP contribution in [0.5, 0.6) is 0 Å². The van der Waals surface area contributed by atoms with E-state index in [-0.39, 0.29) is 35.6 Å². The minimum atomic E-state index is -2.77. The molecule has 1 N–H and O–H groups in total. The predicted octanol–water partition coefficient (Wildman–Crippen LogP) is 4.59. The van der Waals surface area contributed by atoms with Gasteiger partial charge in [-0.1, -0.05) is 101 Å². The quantitative estimate of drug-likeness (QED) is 0.430. The molecule has 0 spiro atoms. The lowest BCUT2D eigenvalue weighted by molar-refractivity contribution is -0.0252. The number of rotatable bonds is 8. The first kappa shape index (κ1) is 27.2. The molecular formula is C29H41NO4Si. The maximum Gasteiger partial charge on any atom is 0.410 e. The van der Waals surface area contributed by atoms with Crippen molar-refractivity contribution in [1.29, 1.82) is 0 Å². The van der Waals surface area contributed by atoms with Crippen LogP contribution < -0.4 is 10.4 Å². The van der Waals surface area contributed by atoms with Crippen molar-refractivity contribution < 1.29 is 19.1 Å². The van der Waals surface area contributed by atoms with Crippen LogP contribution in [0.1, 0.15) is 40.5 Å². The Morgan fingerprint density at radius 2 is 1.63 bits per heavy atom. The molecule has 1 aliphatic rings. The fraction of sp³-hybridized carbons (Fsp3) is 0.483. The number of piperidine rings is 1. The molecule has 4 atom stereocenters. The number of methoxy groups -OCH3 is 1. The van der Waals surface area contributed by atoms with Gasteiger partial charge in [0.15, 0.2) is 0 Å². The molecule has 2 aromatic carbocycles. The average Bonchev–Trinajstić information content (AvgIpc) is 2.88. The molecule has 1 saturated heterocycles. The highest BCUT2D eigenvalue weighted by molar-refractivity contribution is 6.99. The molecule has 35 heavy (non-hydrogen) atoms. The number of hydrogen-bond donors (Lipinski definition) is 1. The molecule has 0 unspecified atom stereocenters. The van der Waals surface area contributed by atoms with Crippen molar-refractivity contribution in [1.82, 2.24) is 4.90 Å². The largest absolute Gasteiger partial charge is 0.453 e. The lowest BCUT2D eigenvalue weighted by atomic mass is 9.77. The Hall–Kier alpha value is -2.41. The van der Waals surface area contributed by atoms with Gasteiger partial charge in [-0.05, 0) is 33.7 Å². The Kier molecular flexibility index (Phi) is 8.97. The number of ether oxygens (including phenoxy) is 1. The minimum absolute atomic E-state index is 0.00756. The van der Waals surface area contributed by atoms with Crippen LogP contribution in [0.2, 0.25) is 5.04 Å². The Bertz CT molecular complexity index is 920. The van der Waals surface area contributed by atoms with Crippen molar-refractivity contribution in [3.05, 3.63) is 73.3 Å². The summed E-state index contributed by atoms with van der Waals surface area (Å²) in [6.07, 6.45) is 3.18. The van der Waals surface area contributed by atoms with E-state index in [4.69, 9.17) is 9.16 Å². The number of carbonyl (C=O) groups excluding carboxylic acids is 1. The first-order chi connectivity index (χ1) is 16.7. The van der Waals surface area contributed by atoms with Crippen LogP contribution in [0.4, 0.5) is 4.79 Å². The number of benzene rings is 2. The van der Waals surface area contributed by atoms with Gasteiger partial charge in [-0.15, -0.1) is 6.58 Å². The standard InChI is InChI=1S/C29H41NO4Si/c1-7-22-19-23(8-2)27(30(26(22)20-31)28(32)33-6)21-34-35(29(3,4)5,24-15-11-9-12-16-24)25-17-13-10-14-18-25/h7,9-18,22-23,26-27,31H,1,8,19-21H2,2-6H3/t22-,23-,26+,27-/m1/s1. The lowest BCUT2D eigenvalue weighted by Crippen LogP contribution is -2.68. The number of aliphatic hydroxyl groups is 1. The Morgan fingerprint density at radius 3 is 2.03 bits per heavy atom. The zero-order chi connectivity index (χ0) is 25.6. The number of nitrogens with zero attached hydrogens (tertiary/aromatic N) is 1. The van der Waals surface area contributed by atoms with Crippen LogP contribution >= 0.6 is 0 Å². The van der Waals surface area contributed by atoms with E-state index in [2.05, 4.69) is 82.8 Å². The first-order valence-corrected chi connectivity index (χ1v) is 14.5. The summed E-state index contributed by atoms with van der Waals surface area (Å²) in [6.45, 7) is 13.1. The maximum atomic E-state index is 13.0. The van der Waals surface area contributed by atoms with Gasteiger partial charge in [0.1, 0.15) is 0 Å². The van der Waals surface area contributed by atoms with Crippen molar-refractivity contribution in [3.8, 4) is 0 Å². The molecule has 0 radical (unpaired) electrons. The lowest BCUT2D eigenvalue weighted by Gasteiger charge is -2.50. The summed E-state index contributed by atoms with van der Waals surface area (Å²) in [4.78, 5) is 14.8. The molecule has 0 saturated carbocycles. The van der Waals surface area contributed by atoms with E-state index in [9.17, 15) is 9.90 Å². The monoisotopic (exact) mass is 495 g/mol. The molecule has 1 amide bonds. The molecule has 6 heteroatoms. The van der Waals surface area contributed by atoms with E-state index in [1.54, 1.807) is 4.90 Å². The van der Waals surface area contributed by atoms with Gasteiger partial charge in [-0.25, -0.2) is 4.79 Å². The van der Waals surface area contributed by atoms with Crippen LogP contribution in [0.25, 0.3) is 0 Å². The zero-order valence-electron chi connectivity index (χ0n) is 21.8. The molecule has 3 rings (SSSR count). The van der Waals surface area contributed by atoms with Crippen molar-refractivity contribution in [2.45, 2.75) is 57.7 Å². The van der Waals surface area contributed by atoms with Gasteiger partial charge in [0.25, 0.3) is 8.32 Å². The summed E-state index contributed by atoms with van der Waals surface area (Å²) < 4.78 is 12.4. The van der Waals surface area contributed by atoms with E-state index in [0.717, 1.165) is 12.8 Å². The van der Waals surface area contributed by atoms with Crippen molar-refractivity contribution >= 4 is 24.8 Å². The van der Waals surface area contributed by atoms with E-state index >= 15 is 0 Å². The van der Waals surface area contributed by atoms with Crippen molar-refractivity contribution in [3.63, 3.8) is 0 Å². The van der Waals surface area contributed by atoms with Gasteiger partial charge >= 0.3 is 6.09 Å². The molecule has 1 fully saturated rings. The predicted molar refractivity (Wildman–Crippen MR) is 145 cm³/mol. The molecule has 1 aliphatic heterocycles. The fourth-order valence-corrected chi connectivity index (χ4v) is 10.4. The summed E-state index contributed by atoms with van der Waals surface area (Å²) in [5.41, 5.74) is 0. The molecule has 5 nitrogen and oxygen atoms in total. The number of carbonyl (C=O) groups is 1. The molecule has 190 valence electrons. The van der Waals surface area contributed by atoms with Gasteiger partial charge in [0.05, 0.1) is 32.4 Å². The second kappa shape index (κ2) is 11.5. The second-order valence-electron chi connectivity index (χ2n) is 10.5. The number of aliphatic hydroxyl groups excluding tert-OH is 1. The van der Waals surface area contributed by atoms with Crippen molar-refractivity contribution in [2.75, 3.05) is 20.3 Å². The van der Waals surface area contributed by atoms with Crippen LogP contribution in [-0.4, -0.2) is 56.8 Å². The molecule has 1 heterocycles. The van der Waals surface area contributed by atoms with Gasteiger partial charge in [-0.2, -0.15) is 0 Å². The SMILES string of the molecule is C=C[C@@H]1C[C@@H](CC)[C@@H](CO[Si](c2ccccc2)(c2ccccc2)C(C)(C)C)N(C(=O)OC)[C@H]1CO. The van der Waals surface area contributed by atoms with Crippen molar-refractivity contribution in [2.24, 2.45) is 11.8 Å². The summed E-state index contributed by atoms with van der Waals surface area (Å²) in [5.74, 6) is 0.214. The molecule has 0 bridgehead atoms. The summed E-state index contributed by atoms with van der Waals surface area (Å²) >= 11 is 0.